The van der Waals surface area contributed by atoms with Crippen LogP contribution in [0.1, 0.15) is 12.0 Å². The average molecular weight is 249 g/mol. The number of benzene rings is 1. The second kappa shape index (κ2) is 6.32. The van der Waals surface area contributed by atoms with Crippen molar-refractivity contribution in [3.63, 3.8) is 0 Å². The molecule has 7 heteroatoms. The highest BCUT2D eigenvalue weighted by Crippen LogP contribution is 2.24. The molecular formula is C11H11N3O4. The van der Waals surface area contributed by atoms with E-state index in [4.69, 9.17) is 6.42 Å². The summed E-state index contributed by atoms with van der Waals surface area (Å²) in [5, 5.41) is 24.3. The largest absolute Gasteiger partial charge is 0.311 e. The topological polar surface area (TPSA) is 98.3 Å². The highest BCUT2D eigenvalue weighted by atomic mass is 16.6. The van der Waals surface area contributed by atoms with Crippen molar-refractivity contribution in [3.8, 4) is 12.3 Å². The number of nitrogens with zero attached hydrogens (tertiary/aromatic N) is 2. The zero-order valence-corrected chi connectivity index (χ0v) is 9.46. The average Bonchev–Trinajstić information content (AvgIpc) is 2.34. The molecule has 0 aliphatic heterocycles. The molecule has 0 atom stereocenters. The van der Waals surface area contributed by atoms with Crippen LogP contribution in [0, 0.1) is 32.6 Å². The Kier molecular flexibility index (Phi) is 4.78. The maximum absolute atomic E-state index is 10.8. The van der Waals surface area contributed by atoms with Crippen molar-refractivity contribution >= 4 is 11.4 Å². The van der Waals surface area contributed by atoms with Gasteiger partial charge in [0, 0.05) is 31.1 Å². The number of nitro groups is 2. The van der Waals surface area contributed by atoms with Crippen LogP contribution in [0.2, 0.25) is 0 Å². The molecule has 18 heavy (non-hydrogen) atoms. The molecular weight excluding hydrogens is 238 g/mol. The molecule has 0 spiro atoms. The quantitative estimate of drug-likeness (QED) is 0.357. The fourth-order valence-corrected chi connectivity index (χ4v) is 1.37. The zero-order valence-electron chi connectivity index (χ0n) is 9.46. The van der Waals surface area contributed by atoms with Crippen LogP contribution < -0.4 is 5.32 Å². The summed E-state index contributed by atoms with van der Waals surface area (Å²) >= 11 is 0. The lowest BCUT2D eigenvalue weighted by Crippen LogP contribution is -2.15. The van der Waals surface area contributed by atoms with E-state index >= 15 is 0 Å². The third-order valence-corrected chi connectivity index (χ3v) is 2.24. The van der Waals surface area contributed by atoms with Gasteiger partial charge in [-0.1, -0.05) is 0 Å². The maximum Gasteiger partial charge on any atom is 0.280 e. The Balaban J connectivity index is 2.87. The minimum atomic E-state index is -0.664. The van der Waals surface area contributed by atoms with E-state index in [0.717, 1.165) is 6.07 Å². The smallest absolute Gasteiger partial charge is 0.280 e. The van der Waals surface area contributed by atoms with Gasteiger partial charge in [-0.2, -0.15) is 0 Å². The van der Waals surface area contributed by atoms with Crippen LogP contribution in [0.3, 0.4) is 0 Å². The SMILES string of the molecule is C#CCCNCc1ccc([N+](=O)[O-])cc1[N+](=O)[O-]. The second-order valence-corrected chi connectivity index (χ2v) is 3.46. The van der Waals surface area contributed by atoms with Crippen molar-refractivity contribution in [2.45, 2.75) is 13.0 Å². The summed E-state index contributed by atoms with van der Waals surface area (Å²) in [4.78, 5) is 20.0. The molecule has 0 aliphatic rings. The molecule has 1 rings (SSSR count). The number of hydrogen-bond donors (Lipinski definition) is 1. The summed E-state index contributed by atoms with van der Waals surface area (Å²) < 4.78 is 0. The predicted molar refractivity (Wildman–Crippen MR) is 64.9 cm³/mol. The van der Waals surface area contributed by atoms with E-state index < -0.39 is 9.85 Å². The lowest BCUT2D eigenvalue weighted by Gasteiger charge is -2.04. The third kappa shape index (κ3) is 3.54. The van der Waals surface area contributed by atoms with E-state index in [1.54, 1.807) is 0 Å². The van der Waals surface area contributed by atoms with Gasteiger partial charge in [-0.05, 0) is 6.07 Å². The van der Waals surface area contributed by atoms with Crippen molar-refractivity contribution in [1.29, 1.82) is 0 Å². The molecule has 0 unspecified atom stereocenters. The summed E-state index contributed by atoms with van der Waals surface area (Å²) in [6.07, 6.45) is 5.58. The number of rotatable bonds is 6. The number of non-ortho nitro benzene ring substituents is 1. The number of nitrogens with one attached hydrogen (secondary N) is 1. The number of hydrogen-bond acceptors (Lipinski definition) is 5. The van der Waals surface area contributed by atoms with Gasteiger partial charge in [-0.25, -0.2) is 0 Å². The number of terminal acetylenes is 1. The third-order valence-electron chi connectivity index (χ3n) is 2.24. The summed E-state index contributed by atoms with van der Waals surface area (Å²) in [6, 6.07) is 3.57. The van der Waals surface area contributed by atoms with Crippen LogP contribution in [0.5, 0.6) is 0 Å². The predicted octanol–water partition coefficient (Wildman–Crippen LogP) is 1.62. The Hall–Kier alpha value is -2.46. The van der Waals surface area contributed by atoms with E-state index in [9.17, 15) is 20.2 Å². The van der Waals surface area contributed by atoms with Gasteiger partial charge in [0.25, 0.3) is 11.4 Å². The Morgan fingerprint density at radius 3 is 2.56 bits per heavy atom. The van der Waals surface area contributed by atoms with Gasteiger partial charge in [0.2, 0.25) is 0 Å². The summed E-state index contributed by atoms with van der Waals surface area (Å²) in [5.41, 5.74) is -0.172. The lowest BCUT2D eigenvalue weighted by atomic mass is 10.1. The van der Waals surface area contributed by atoms with Crippen LogP contribution >= 0.6 is 0 Å². The van der Waals surface area contributed by atoms with Crippen molar-refractivity contribution in [2.24, 2.45) is 0 Å². The molecule has 0 heterocycles. The first kappa shape index (κ1) is 13.6. The molecule has 94 valence electrons. The summed E-state index contributed by atoms with van der Waals surface area (Å²) in [5.74, 6) is 2.43. The lowest BCUT2D eigenvalue weighted by molar-refractivity contribution is -0.394. The molecule has 0 amide bonds. The van der Waals surface area contributed by atoms with Gasteiger partial charge in [-0.3, -0.25) is 20.2 Å². The van der Waals surface area contributed by atoms with Crippen LogP contribution in [0.4, 0.5) is 11.4 Å². The van der Waals surface area contributed by atoms with Crippen molar-refractivity contribution in [1.82, 2.24) is 5.32 Å². The van der Waals surface area contributed by atoms with Crippen LogP contribution in [-0.2, 0) is 6.54 Å². The number of nitro benzene ring substituents is 2. The van der Waals surface area contributed by atoms with Gasteiger partial charge >= 0.3 is 0 Å². The summed E-state index contributed by atoms with van der Waals surface area (Å²) in [6.45, 7) is 0.778. The van der Waals surface area contributed by atoms with E-state index in [1.807, 2.05) is 0 Å². The minimum Gasteiger partial charge on any atom is -0.311 e. The maximum atomic E-state index is 10.8. The van der Waals surface area contributed by atoms with Gasteiger partial charge in [0.15, 0.2) is 0 Å². The van der Waals surface area contributed by atoms with Gasteiger partial charge in [-0.15, -0.1) is 12.3 Å². The minimum absolute atomic E-state index is 0.246. The van der Waals surface area contributed by atoms with E-state index in [0.29, 0.717) is 18.5 Å². The normalized spacial score (nSPS) is 9.72. The first-order valence-electron chi connectivity index (χ1n) is 5.12. The van der Waals surface area contributed by atoms with E-state index in [-0.39, 0.29) is 17.9 Å². The molecule has 0 aliphatic carbocycles. The first-order valence-corrected chi connectivity index (χ1v) is 5.12. The highest BCUT2D eigenvalue weighted by molar-refractivity contribution is 5.49. The first-order chi connectivity index (χ1) is 8.56. The fraction of sp³-hybridized carbons (Fsp3) is 0.273. The van der Waals surface area contributed by atoms with E-state index in [1.165, 1.54) is 12.1 Å². The molecule has 0 radical (unpaired) electrons. The summed E-state index contributed by atoms with van der Waals surface area (Å²) in [7, 11) is 0. The van der Waals surface area contributed by atoms with Gasteiger partial charge < -0.3 is 5.32 Å². The molecule has 0 aromatic heterocycles. The second-order valence-electron chi connectivity index (χ2n) is 3.46. The molecule has 0 fully saturated rings. The molecule has 0 saturated carbocycles. The monoisotopic (exact) mass is 249 g/mol. The molecule has 0 saturated heterocycles. The molecule has 1 N–H and O–H groups in total. The van der Waals surface area contributed by atoms with Crippen molar-refractivity contribution < 1.29 is 9.85 Å². The van der Waals surface area contributed by atoms with Crippen molar-refractivity contribution in [2.75, 3.05) is 6.54 Å². The van der Waals surface area contributed by atoms with Gasteiger partial charge in [0.05, 0.1) is 15.9 Å². The highest BCUT2D eigenvalue weighted by Gasteiger charge is 2.18. The molecule has 0 bridgehead atoms. The van der Waals surface area contributed by atoms with Crippen LogP contribution in [-0.4, -0.2) is 16.4 Å². The van der Waals surface area contributed by atoms with E-state index in [2.05, 4.69) is 11.2 Å². The Labute approximate surface area is 103 Å². The standard InChI is InChI=1S/C11H11N3O4/c1-2-3-6-12-8-9-4-5-10(13(15)16)7-11(9)14(17)18/h1,4-5,7,12H,3,6,8H2. The molecule has 1 aromatic carbocycles. The molecule has 1 aromatic rings. The Bertz CT molecular complexity index is 508. The zero-order chi connectivity index (χ0) is 13.5. The Morgan fingerprint density at radius 2 is 2.00 bits per heavy atom. The Morgan fingerprint density at radius 1 is 1.28 bits per heavy atom. The van der Waals surface area contributed by atoms with Crippen LogP contribution in [0.25, 0.3) is 0 Å². The fourth-order valence-electron chi connectivity index (χ4n) is 1.37. The van der Waals surface area contributed by atoms with Crippen molar-refractivity contribution in [3.05, 3.63) is 44.0 Å². The van der Waals surface area contributed by atoms with Gasteiger partial charge in [0.1, 0.15) is 0 Å². The van der Waals surface area contributed by atoms with Crippen LogP contribution in [0.15, 0.2) is 18.2 Å². The molecule has 7 nitrogen and oxygen atoms in total.